The third-order valence-electron chi connectivity index (χ3n) is 4.51. The first-order valence-electron chi connectivity index (χ1n) is 10.7. The highest BCUT2D eigenvalue weighted by molar-refractivity contribution is 5.80. The van der Waals surface area contributed by atoms with E-state index in [4.69, 9.17) is 28.1 Å². The lowest BCUT2D eigenvalue weighted by Gasteiger charge is -2.39. The molecule has 3 N–H and O–H groups in total. The van der Waals surface area contributed by atoms with E-state index in [-0.39, 0.29) is 36.0 Å². The number of nitrogens with two attached hydrogens (primary N) is 1. The number of carbonyl (C=O) groups is 4. The number of primary amides is 1. The minimum Gasteiger partial charge on any atom is -0.504 e. The summed E-state index contributed by atoms with van der Waals surface area (Å²) in [4.78, 5) is 55.0. The SMILES string of the molecule is CC(=O)OC[C@H]1O[C@@H](Oc2cc3ccc(=O)oc3cc2O)C[C@@H](OC(C)=O)[C@@H]1OC(C)=O.CC(N)=O. The molecule has 1 aliphatic rings. The van der Waals surface area contributed by atoms with Crippen LogP contribution in [0.25, 0.3) is 11.0 Å². The van der Waals surface area contributed by atoms with Gasteiger partial charge in [-0.05, 0) is 12.1 Å². The second-order valence-corrected chi connectivity index (χ2v) is 7.71. The molecule has 13 nitrogen and oxygen atoms in total. The fourth-order valence-electron chi connectivity index (χ4n) is 3.29. The number of carbonyl (C=O) groups excluding carboxylic acids is 4. The monoisotopic (exact) mass is 509 g/mol. The summed E-state index contributed by atoms with van der Waals surface area (Å²) in [5, 5.41) is 10.8. The third-order valence-corrected chi connectivity index (χ3v) is 4.51. The molecule has 0 bridgehead atoms. The number of esters is 3. The van der Waals surface area contributed by atoms with Crippen LogP contribution < -0.4 is 16.1 Å². The van der Waals surface area contributed by atoms with Crippen molar-refractivity contribution in [3.05, 3.63) is 34.7 Å². The van der Waals surface area contributed by atoms with Crippen molar-refractivity contribution < 1.29 is 52.4 Å². The maximum atomic E-state index is 11.6. The zero-order valence-corrected chi connectivity index (χ0v) is 20.0. The molecule has 1 fully saturated rings. The van der Waals surface area contributed by atoms with Crippen LogP contribution in [0.15, 0.2) is 33.5 Å². The molecule has 1 aromatic carbocycles. The minimum absolute atomic E-state index is 0.00935. The fourth-order valence-corrected chi connectivity index (χ4v) is 3.29. The van der Waals surface area contributed by atoms with Crippen molar-refractivity contribution in [2.75, 3.05) is 6.61 Å². The molecule has 4 atom stereocenters. The molecule has 0 aliphatic carbocycles. The topological polar surface area (TPSA) is 191 Å². The summed E-state index contributed by atoms with van der Waals surface area (Å²) in [5.41, 5.74) is 4.06. The lowest BCUT2D eigenvalue weighted by atomic mass is 10.0. The van der Waals surface area contributed by atoms with Crippen LogP contribution in [-0.4, -0.2) is 60.1 Å². The number of phenolic OH excluding ortho intramolecular Hbond substituents is 1. The van der Waals surface area contributed by atoms with Gasteiger partial charge < -0.3 is 38.9 Å². The highest BCUT2D eigenvalue weighted by atomic mass is 16.7. The molecule has 3 rings (SSSR count). The standard InChI is InChI=1S/C21H22O11.C2H5NO/c1-10(22)27-9-18-21(29-12(3)24)17(28-11(2)23)8-20(32-18)31-16-6-13-4-5-19(26)30-15(13)7-14(16)25;1-2(3)4/h4-7,17-18,20-21,25H,8-9H2,1-3H3;1H3,(H2,3,4)/t17-,18-,20-,21+;/m1./s1. The molecule has 36 heavy (non-hydrogen) atoms. The number of ether oxygens (including phenoxy) is 5. The highest BCUT2D eigenvalue weighted by Crippen LogP contribution is 2.34. The van der Waals surface area contributed by atoms with Crippen LogP contribution in [0.3, 0.4) is 0 Å². The Balaban J connectivity index is 0.00000106. The van der Waals surface area contributed by atoms with E-state index >= 15 is 0 Å². The summed E-state index contributed by atoms with van der Waals surface area (Å²) in [7, 11) is 0. The molecule has 0 radical (unpaired) electrons. The normalized spacial score (nSPS) is 20.9. The van der Waals surface area contributed by atoms with Gasteiger partial charge in [-0.3, -0.25) is 19.2 Å². The molecule has 0 spiro atoms. The van der Waals surface area contributed by atoms with Gasteiger partial charge in [0.25, 0.3) is 0 Å². The number of phenols is 1. The van der Waals surface area contributed by atoms with E-state index in [1.54, 1.807) is 0 Å². The smallest absolute Gasteiger partial charge is 0.336 e. The first-order valence-corrected chi connectivity index (χ1v) is 10.7. The Morgan fingerprint density at radius 1 is 1.03 bits per heavy atom. The molecular formula is C23H27NO12. The number of hydrogen-bond acceptors (Lipinski definition) is 12. The van der Waals surface area contributed by atoms with Crippen LogP contribution >= 0.6 is 0 Å². The largest absolute Gasteiger partial charge is 0.504 e. The zero-order valence-electron chi connectivity index (χ0n) is 20.0. The van der Waals surface area contributed by atoms with Crippen molar-refractivity contribution in [1.82, 2.24) is 0 Å². The molecule has 1 aromatic heterocycles. The molecule has 13 heteroatoms. The first-order chi connectivity index (χ1) is 16.8. The average molecular weight is 509 g/mol. The number of amides is 1. The van der Waals surface area contributed by atoms with Crippen LogP contribution in [-0.2, 0) is 38.1 Å². The van der Waals surface area contributed by atoms with Crippen LogP contribution in [0.2, 0.25) is 0 Å². The summed E-state index contributed by atoms with van der Waals surface area (Å²) >= 11 is 0. The van der Waals surface area contributed by atoms with E-state index in [9.17, 15) is 29.1 Å². The Labute approximate surface area is 205 Å². The van der Waals surface area contributed by atoms with Crippen molar-refractivity contribution in [3.63, 3.8) is 0 Å². The van der Waals surface area contributed by atoms with Crippen molar-refractivity contribution in [3.8, 4) is 11.5 Å². The van der Waals surface area contributed by atoms with Gasteiger partial charge >= 0.3 is 23.5 Å². The van der Waals surface area contributed by atoms with Gasteiger partial charge in [-0.15, -0.1) is 0 Å². The first kappa shape index (κ1) is 28.1. The predicted octanol–water partition coefficient (Wildman–Crippen LogP) is 0.910. The van der Waals surface area contributed by atoms with Crippen molar-refractivity contribution in [2.24, 2.45) is 5.73 Å². The number of hydrogen-bond donors (Lipinski definition) is 2. The second kappa shape index (κ2) is 12.5. The molecule has 1 aliphatic heterocycles. The van der Waals surface area contributed by atoms with Gasteiger partial charge in [-0.25, -0.2) is 4.79 Å². The van der Waals surface area contributed by atoms with E-state index in [2.05, 4.69) is 5.73 Å². The van der Waals surface area contributed by atoms with Crippen molar-refractivity contribution >= 4 is 34.8 Å². The van der Waals surface area contributed by atoms with Gasteiger partial charge in [0, 0.05) is 45.2 Å². The molecule has 0 saturated carbocycles. The van der Waals surface area contributed by atoms with Crippen LogP contribution in [0.5, 0.6) is 11.5 Å². The number of aromatic hydroxyl groups is 1. The summed E-state index contributed by atoms with van der Waals surface area (Å²) in [5.74, 6) is -2.50. The second-order valence-electron chi connectivity index (χ2n) is 7.71. The van der Waals surface area contributed by atoms with Gasteiger partial charge in [0.1, 0.15) is 24.4 Å². The predicted molar refractivity (Wildman–Crippen MR) is 121 cm³/mol. The lowest BCUT2D eigenvalue weighted by molar-refractivity contribution is -0.246. The molecular weight excluding hydrogens is 482 g/mol. The maximum absolute atomic E-state index is 11.6. The summed E-state index contributed by atoms with van der Waals surface area (Å²) in [6.45, 7) is 4.59. The molecule has 1 saturated heterocycles. The quantitative estimate of drug-likeness (QED) is 0.318. The maximum Gasteiger partial charge on any atom is 0.336 e. The Kier molecular flexibility index (Phi) is 9.79. The van der Waals surface area contributed by atoms with Crippen LogP contribution in [0.1, 0.15) is 34.1 Å². The van der Waals surface area contributed by atoms with Crippen molar-refractivity contribution in [1.29, 1.82) is 0 Å². The number of fused-ring (bicyclic) bond motifs is 1. The van der Waals surface area contributed by atoms with E-state index in [1.165, 1.54) is 52.0 Å². The van der Waals surface area contributed by atoms with Gasteiger partial charge in [0.15, 0.2) is 17.6 Å². The van der Waals surface area contributed by atoms with Crippen LogP contribution in [0, 0.1) is 0 Å². The summed E-state index contributed by atoms with van der Waals surface area (Å²) in [6.07, 6.45) is -4.13. The molecule has 0 unspecified atom stereocenters. The van der Waals surface area contributed by atoms with Gasteiger partial charge in [0.05, 0.1) is 6.42 Å². The molecule has 2 heterocycles. The van der Waals surface area contributed by atoms with E-state index in [1.807, 2.05) is 0 Å². The minimum atomic E-state index is -1.06. The zero-order chi connectivity index (χ0) is 27.0. The Bertz CT molecular complexity index is 1170. The molecule has 2 aromatic rings. The summed E-state index contributed by atoms with van der Waals surface area (Å²) in [6, 6.07) is 5.38. The number of benzene rings is 1. The Morgan fingerprint density at radius 2 is 1.67 bits per heavy atom. The van der Waals surface area contributed by atoms with Gasteiger partial charge in [-0.2, -0.15) is 0 Å². The van der Waals surface area contributed by atoms with E-state index in [0.717, 1.165) is 0 Å². The molecule has 196 valence electrons. The Hall–Kier alpha value is -4.13. The van der Waals surface area contributed by atoms with E-state index in [0.29, 0.717) is 5.39 Å². The third kappa shape index (κ3) is 8.58. The highest BCUT2D eigenvalue weighted by Gasteiger charge is 2.44. The average Bonchev–Trinajstić information content (AvgIpc) is 2.73. The Morgan fingerprint density at radius 3 is 2.25 bits per heavy atom. The lowest BCUT2D eigenvalue weighted by Crippen LogP contribution is -2.54. The van der Waals surface area contributed by atoms with Gasteiger partial charge in [-0.1, -0.05) is 0 Å². The summed E-state index contributed by atoms with van der Waals surface area (Å²) < 4.78 is 32.1. The number of rotatable bonds is 6. The molecule has 1 amide bonds. The van der Waals surface area contributed by atoms with Crippen molar-refractivity contribution in [2.45, 2.75) is 58.7 Å². The fraction of sp³-hybridized carbons (Fsp3) is 0.435. The van der Waals surface area contributed by atoms with Crippen LogP contribution in [0.4, 0.5) is 0 Å². The van der Waals surface area contributed by atoms with Gasteiger partial charge in [0.2, 0.25) is 12.2 Å². The van der Waals surface area contributed by atoms with E-state index < -0.39 is 48.1 Å².